The fourth-order valence-corrected chi connectivity index (χ4v) is 3.24. The Morgan fingerprint density at radius 1 is 1.36 bits per heavy atom. The number of aromatic nitrogens is 2. The fraction of sp³-hybridized carbons (Fsp3) is 0.400. The molecule has 0 aliphatic heterocycles. The first-order valence-electron chi connectivity index (χ1n) is 6.83. The van der Waals surface area contributed by atoms with Crippen molar-refractivity contribution in [3.8, 4) is 6.07 Å². The van der Waals surface area contributed by atoms with Crippen molar-refractivity contribution in [1.29, 1.82) is 5.26 Å². The van der Waals surface area contributed by atoms with Crippen molar-refractivity contribution in [2.75, 3.05) is 11.9 Å². The summed E-state index contributed by atoms with van der Waals surface area (Å²) in [5.74, 6) is 0.361. The zero-order chi connectivity index (χ0) is 16.4. The summed E-state index contributed by atoms with van der Waals surface area (Å²) in [4.78, 5) is 27.3. The molecule has 116 valence electrons. The van der Waals surface area contributed by atoms with Crippen LogP contribution in [0.1, 0.15) is 17.4 Å². The molecule has 0 saturated heterocycles. The van der Waals surface area contributed by atoms with Crippen molar-refractivity contribution in [1.82, 2.24) is 9.13 Å². The van der Waals surface area contributed by atoms with Gasteiger partial charge in [0, 0.05) is 38.5 Å². The maximum atomic E-state index is 12.1. The molecule has 6 nitrogen and oxygen atoms in total. The molecule has 2 aromatic rings. The summed E-state index contributed by atoms with van der Waals surface area (Å²) >= 11 is 1.66. The number of nitrogens with zero attached hydrogens (tertiary/aromatic N) is 4. The summed E-state index contributed by atoms with van der Waals surface area (Å²) in [6.07, 6.45) is 0.780. The van der Waals surface area contributed by atoms with Crippen LogP contribution in [0.4, 0.5) is 5.82 Å². The van der Waals surface area contributed by atoms with E-state index >= 15 is 0 Å². The Labute approximate surface area is 132 Å². The highest BCUT2D eigenvalue weighted by molar-refractivity contribution is 7.09. The topological polar surface area (TPSA) is 71.0 Å². The molecule has 0 spiro atoms. The number of hydrogen-bond donors (Lipinski definition) is 0. The molecule has 2 aromatic heterocycles. The molecule has 0 N–H and O–H groups in total. The van der Waals surface area contributed by atoms with Gasteiger partial charge in [-0.25, -0.2) is 4.79 Å². The second-order valence-corrected chi connectivity index (χ2v) is 6.29. The summed E-state index contributed by atoms with van der Waals surface area (Å²) in [5.41, 5.74) is -1.00. The van der Waals surface area contributed by atoms with Gasteiger partial charge in [-0.3, -0.25) is 13.9 Å². The summed E-state index contributed by atoms with van der Waals surface area (Å²) in [5, 5.41) is 11.3. The molecule has 22 heavy (non-hydrogen) atoms. The minimum absolute atomic E-state index is 0.00914. The average molecular weight is 318 g/mol. The minimum Gasteiger partial charge on any atom is -0.357 e. The van der Waals surface area contributed by atoms with Crippen LogP contribution in [0.2, 0.25) is 0 Å². The Hall–Kier alpha value is -2.33. The lowest BCUT2D eigenvalue weighted by Gasteiger charge is -2.29. The molecule has 2 heterocycles. The van der Waals surface area contributed by atoms with Gasteiger partial charge >= 0.3 is 5.69 Å². The van der Waals surface area contributed by atoms with Gasteiger partial charge in [-0.1, -0.05) is 6.07 Å². The van der Waals surface area contributed by atoms with E-state index in [2.05, 4.69) is 0 Å². The Morgan fingerprint density at radius 3 is 2.59 bits per heavy atom. The molecular formula is C15H18N4O2S. The third-order valence-corrected chi connectivity index (χ3v) is 4.72. The van der Waals surface area contributed by atoms with Crippen molar-refractivity contribution < 1.29 is 0 Å². The average Bonchev–Trinajstić information content (AvgIpc) is 3.00. The molecule has 0 radical (unpaired) electrons. The van der Waals surface area contributed by atoms with E-state index in [0.717, 1.165) is 11.0 Å². The van der Waals surface area contributed by atoms with Crippen LogP contribution in [-0.2, 0) is 20.5 Å². The second kappa shape index (κ2) is 6.20. The van der Waals surface area contributed by atoms with Crippen LogP contribution in [-0.4, -0.2) is 22.2 Å². The smallest absolute Gasteiger partial charge is 0.332 e. The molecule has 2 rings (SSSR count). The number of thiophene rings is 1. The molecule has 0 bridgehead atoms. The SMILES string of the molecule is CC(Cc1cccs1)N(C)c1c(C#N)c(=O)n(C)c(=O)n1C. The van der Waals surface area contributed by atoms with E-state index in [-0.39, 0.29) is 11.6 Å². The first kappa shape index (κ1) is 16.0. The van der Waals surface area contributed by atoms with Gasteiger partial charge in [0.1, 0.15) is 11.9 Å². The van der Waals surface area contributed by atoms with Crippen LogP contribution in [0.25, 0.3) is 0 Å². The fourth-order valence-electron chi connectivity index (χ4n) is 2.41. The zero-order valence-corrected chi connectivity index (χ0v) is 13.8. The van der Waals surface area contributed by atoms with Crippen molar-refractivity contribution >= 4 is 17.2 Å². The molecule has 1 atom stereocenters. The van der Waals surface area contributed by atoms with E-state index in [9.17, 15) is 14.9 Å². The summed E-state index contributed by atoms with van der Waals surface area (Å²) in [7, 11) is 4.75. The van der Waals surface area contributed by atoms with Gasteiger partial charge in [-0.15, -0.1) is 11.3 Å². The van der Waals surface area contributed by atoms with Crippen molar-refractivity contribution in [3.05, 3.63) is 48.8 Å². The zero-order valence-electron chi connectivity index (χ0n) is 13.0. The van der Waals surface area contributed by atoms with Gasteiger partial charge in [0.25, 0.3) is 5.56 Å². The van der Waals surface area contributed by atoms with E-state index in [0.29, 0.717) is 5.82 Å². The first-order chi connectivity index (χ1) is 10.4. The highest BCUT2D eigenvalue weighted by Crippen LogP contribution is 2.19. The van der Waals surface area contributed by atoms with Gasteiger partial charge in [0.2, 0.25) is 0 Å². The van der Waals surface area contributed by atoms with Crippen LogP contribution in [0.3, 0.4) is 0 Å². The highest BCUT2D eigenvalue weighted by Gasteiger charge is 2.22. The van der Waals surface area contributed by atoms with Crippen LogP contribution in [0.5, 0.6) is 0 Å². The lowest BCUT2D eigenvalue weighted by Crippen LogP contribution is -2.44. The predicted octanol–water partition coefficient (Wildman–Crippen LogP) is 1.08. The molecule has 0 aliphatic rings. The van der Waals surface area contributed by atoms with Crippen LogP contribution < -0.4 is 16.1 Å². The number of hydrogen-bond acceptors (Lipinski definition) is 5. The quantitative estimate of drug-likeness (QED) is 0.846. The number of rotatable bonds is 4. The molecule has 0 fully saturated rings. The Kier molecular flexibility index (Phi) is 4.52. The van der Waals surface area contributed by atoms with Gasteiger partial charge in [-0.2, -0.15) is 5.26 Å². The molecular weight excluding hydrogens is 300 g/mol. The van der Waals surface area contributed by atoms with E-state index in [1.165, 1.54) is 16.5 Å². The van der Waals surface area contributed by atoms with Crippen molar-refractivity contribution in [2.45, 2.75) is 19.4 Å². The van der Waals surface area contributed by atoms with Crippen LogP contribution >= 0.6 is 11.3 Å². The van der Waals surface area contributed by atoms with Gasteiger partial charge < -0.3 is 4.90 Å². The first-order valence-corrected chi connectivity index (χ1v) is 7.71. The van der Waals surface area contributed by atoms with Gasteiger partial charge in [-0.05, 0) is 18.4 Å². The van der Waals surface area contributed by atoms with E-state index in [4.69, 9.17) is 0 Å². The lowest BCUT2D eigenvalue weighted by molar-refractivity contribution is 0.623. The molecule has 0 aliphatic carbocycles. The number of anilines is 1. The normalized spacial score (nSPS) is 12.0. The standard InChI is InChI=1S/C15H18N4O2S/c1-10(8-11-6-5-7-22-11)17(2)13-12(9-16)14(20)19(4)15(21)18(13)3/h5-7,10H,8H2,1-4H3. The summed E-state index contributed by atoms with van der Waals surface area (Å²) in [6, 6.07) is 6.01. The number of likely N-dealkylation sites (N-methyl/N-ethyl adjacent to an activating group) is 1. The van der Waals surface area contributed by atoms with Crippen LogP contribution in [0.15, 0.2) is 27.1 Å². The summed E-state index contributed by atoms with van der Waals surface area (Å²) < 4.78 is 2.31. The molecule has 7 heteroatoms. The maximum Gasteiger partial charge on any atom is 0.332 e. The van der Waals surface area contributed by atoms with E-state index in [1.54, 1.807) is 25.4 Å². The molecule has 0 aromatic carbocycles. The van der Waals surface area contributed by atoms with Crippen molar-refractivity contribution in [3.63, 3.8) is 0 Å². The molecule has 0 amide bonds. The third-order valence-electron chi connectivity index (χ3n) is 3.82. The Balaban J connectivity index is 2.50. The van der Waals surface area contributed by atoms with Gasteiger partial charge in [0.15, 0.2) is 5.56 Å². The van der Waals surface area contributed by atoms with E-state index < -0.39 is 11.2 Å². The van der Waals surface area contributed by atoms with Crippen LogP contribution in [0, 0.1) is 11.3 Å². The van der Waals surface area contributed by atoms with E-state index in [1.807, 2.05) is 35.4 Å². The monoisotopic (exact) mass is 318 g/mol. The maximum absolute atomic E-state index is 12.1. The Bertz CT molecular complexity index is 827. The highest BCUT2D eigenvalue weighted by atomic mass is 32.1. The Morgan fingerprint density at radius 2 is 2.05 bits per heavy atom. The third kappa shape index (κ3) is 2.70. The number of nitriles is 1. The predicted molar refractivity (Wildman–Crippen MR) is 87.5 cm³/mol. The molecule has 0 saturated carbocycles. The van der Waals surface area contributed by atoms with Gasteiger partial charge in [0.05, 0.1) is 0 Å². The van der Waals surface area contributed by atoms with Crippen molar-refractivity contribution in [2.24, 2.45) is 14.1 Å². The molecule has 1 unspecified atom stereocenters. The summed E-state index contributed by atoms with van der Waals surface area (Å²) in [6.45, 7) is 2.00. The minimum atomic E-state index is -0.559. The second-order valence-electron chi connectivity index (χ2n) is 5.26. The lowest BCUT2D eigenvalue weighted by atomic mass is 10.1. The largest absolute Gasteiger partial charge is 0.357 e.